The number of rotatable bonds is 5. The summed E-state index contributed by atoms with van der Waals surface area (Å²) in [6.07, 6.45) is 0. The smallest absolute Gasteiger partial charge is 0.234 e. The molecule has 0 aliphatic carbocycles. The zero-order chi connectivity index (χ0) is 15.2. The highest BCUT2D eigenvalue weighted by Crippen LogP contribution is 2.12. The highest BCUT2D eigenvalue weighted by molar-refractivity contribution is 5.78. The summed E-state index contributed by atoms with van der Waals surface area (Å²) in [6.45, 7) is 11.7. The molecular weight excluding hydrogens is 262 g/mol. The molecule has 4 nitrogen and oxygen atoms in total. The molecule has 0 bridgehead atoms. The fourth-order valence-electron chi connectivity index (χ4n) is 2.70. The summed E-state index contributed by atoms with van der Waals surface area (Å²) in [4.78, 5) is 16.5. The van der Waals surface area contributed by atoms with Gasteiger partial charge in [-0.25, -0.2) is 0 Å². The van der Waals surface area contributed by atoms with Crippen LogP contribution >= 0.6 is 0 Å². The fourth-order valence-corrected chi connectivity index (χ4v) is 2.70. The van der Waals surface area contributed by atoms with Gasteiger partial charge in [0.1, 0.15) is 0 Å². The Balaban J connectivity index is 1.76. The molecule has 0 radical (unpaired) electrons. The first-order valence-corrected chi connectivity index (χ1v) is 7.83. The monoisotopic (exact) mass is 289 g/mol. The first-order chi connectivity index (χ1) is 10.0. The quantitative estimate of drug-likeness (QED) is 0.895. The summed E-state index contributed by atoms with van der Waals surface area (Å²) in [5, 5.41) is 2.95. The molecule has 1 heterocycles. The second-order valence-electron chi connectivity index (χ2n) is 6.20. The Morgan fingerprint density at radius 2 is 1.76 bits per heavy atom. The summed E-state index contributed by atoms with van der Waals surface area (Å²) < 4.78 is 0. The first kappa shape index (κ1) is 16.0. The van der Waals surface area contributed by atoms with Gasteiger partial charge >= 0.3 is 0 Å². The predicted octanol–water partition coefficient (Wildman–Crippen LogP) is 1.64. The lowest BCUT2D eigenvalue weighted by molar-refractivity contribution is -0.123. The molecule has 4 heteroatoms. The van der Waals surface area contributed by atoms with Crippen molar-refractivity contribution >= 4 is 5.91 Å². The van der Waals surface area contributed by atoms with E-state index in [1.54, 1.807) is 0 Å². The van der Waals surface area contributed by atoms with Crippen LogP contribution in [-0.4, -0.2) is 54.5 Å². The molecule has 1 aliphatic rings. The molecule has 1 fully saturated rings. The van der Waals surface area contributed by atoms with Crippen molar-refractivity contribution in [2.45, 2.75) is 33.4 Å². The third-order valence-corrected chi connectivity index (χ3v) is 3.94. The van der Waals surface area contributed by atoms with E-state index in [4.69, 9.17) is 0 Å². The molecule has 21 heavy (non-hydrogen) atoms. The van der Waals surface area contributed by atoms with Crippen LogP contribution in [0.2, 0.25) is 0 Å². The Hall–Kier alpha value is -1.39. The number of nitrogens with zero attached hydrogens (tertiary/aromatic N) is 2. The maximum atomic E-state index is 11.8. The average Bonchev–Trinajstić information content (AvgIpc) is 2.42. The minimum absolute atomic E-state index is 0.136. The Labute approximate surface area is 128 Å². The van der Waals surface area contributed by atoms with E-state index in [-0.39, 0.29) is 11.9 Å². The minimum atomic E-state index is 0.136. The van der Waals surface area contributed by atoms with Gasteiger partial charge < -0.3 is 5.32 Å². The molecule has 1 aliphatic heterocycles. The number of carbonyl (C=O) groups is 1. The van der Waals surface area contributed by atoms with E-state index in [1.807, 2.05) is 13.8 Å². The van der Waals surface area contributed by atoms with Gasteiger partial charge in [0.25, 0.3) is 0 Å². The largest absolute Gasteiger partial charge is 0.353 e. The van der Waals surface area contributed by atoms with Crippen molar-refractivity contribution in [2.75, 3.05) is 32.7 Å². The zero-order valence-electron chi connectivity index (χ0n) is 13.4. The van der Waals surface area contributed by atoms with Gasteiger partial charge in [-0.15, -0.1) is 0 Å². The van der Waals surface area contributed by atoms with Gasteiger partial charge in [0.05, 0.1) is 6.54 Å². The number of piperazine rings is 1. The van der Waals surface area contributed by atoms with Gasteiger partial charge in [-0.05, 0) is 31.9 Å². The molecule has 0 aromatic heterocycles. The van der Waals surface area contributed by atoms with Crippen molar-refractivity contribution in [3.8, 4) is 0 Å². The fraction of sp³-hybridized carbons (Fsp3) is 0.588. The van der Waals surface area contributed by atoms with Crippen LogP contribution < -0.4 is 5.32 Å². The molecule has 0 atom stereocenters. The summed E-state index contributed by atoms with van der Waals surface area (Å²) >= 11 is 0. The molecule has 0 unspecified atom stereocenters. The molecular formula is C17H27N3O. The summed E-state index contributed by atoms with van der Waals surface area (Å²) in [6, 6.07) is 8.79. The van der Waals surface area contributed by atoms with E-state index in [1.165, 1.54) is 11.1 Å². The van der Waals surface area contributed by atoms with Crippen LogP contribution in [0.25, 0.3) is 0 Å². The average molecular weight is 289 g/mol. The Bertz CT molecular complexity index is 465. The van der Waals surface area contributed by atoms with Gasteiger partial charge in [-0.1, -0.05) is 24.3 Å². The molecule has 116 valence electrons. The van der Waals surface area contributed by atoms with Crippen molar-refractivity contribution in [1.82, 2.24) is 15.1 Å². The van der Waals surface area contributed by atoms with Crippen molar-refractivity contribution in [1.29, 1.82) is 0 Å². The lowest BCUT2D eigenvalue weighted by atomic mass is 10.1. The van der Waals surface area contributed by atoms with Gasteiger partial charge in [0.2, 0.25) is 5.91 Å². The van der Waals surface area contributed by atoms with Crippen molar-refractivity contribution < 1.29 is 4.79 Å². The third-order valence-electron chi connectivity index (χ3n) is 3.94. The topological polar surface area (TPSA) is 35.6 Å². The number of carbonyl (C=O) groups excluding carboxylic acids is 1. The van der Waals surface area contributed by atoms with Crippen LogP contribution in [0, 0.1) is 6.92 Å². The van der Waals surface area contributed by atoms with E-state index in [0.29, 0.717) is 6.54 Å². The normalized spacial score (nSPS) is 17.1. The zero-order valence-corrected chi connectivity index (χ0v) is 13.4. The number of amides is 1. The minimum Gasteiger partial charge on any atom is -0.353 e. The standard InChI is InChI=1S/C17H27N3O/c1-14(2)18-17(21)13-20-10-8-19(9-11-20)12-16-7-5-4-6-15(16)3/h4-7,14H,8-13H2,1-3H3,(H,18,21). The Morgan fingerprint density at radius 3 is 2.38 bits per heavy atom. The van der Waals surface area contributed by atoms with Crippen LogP contribution in [0.1, 0.15) is 25.0 Å². The second-order valence-corrected chi connectivity index (χ2v) is 6.20. The van der Waals surface area contributed by atoms with E-state index in [9.17, 15) is 4.79 Å². The molecule has 1 N–H and O–H groups in total. The van der Waals surface area contributed by atoms with Crippen LogP contribution in [0.3, 0.4) is 0 Å². The second kappa shape index (κ2) is 7.57. The number of nitrogens with one attached hydrogen (secondary N) is 1. The van der Waals surface area contributed by atoms with E-state index < -0.39 is 0 Å². The van der Waals surface area contributed by atoms with Crippen LogP contribution in [0.4, 0.5) is 0 Å². The third kappa shape index (κ3) is 5.14. The van der Waals surface area contributed by atoms with Crippen LogP contribution in [-0.2, 0) is 11.3 Å². The molecule has 1 aromatic rings. The lowest BCUT2D eigenvalue weighted by Crippen LogP contribution is -2.49. The van der Waals surface area contributed by atoms with Gasteiger partial charge in [-0.2, -0.15) is 0 Å². The van der Waals surface area contributed by atoms with Crippen LogP contribution in [0.15, 0.2) is 24.3 Å². The predicted molar refractivity (Wildman–Crippen MR) is 86.2 cm³/mol. The molecule has 0 saturated carbocycles. The van der Waals surface area contributed by atoms with E-state index in [0.717, 1.165) is 32.7 Å². The Morgan fingerprint density at radius 1 is 1.14 bits per heavy atom. The number of hydrogen-bond acceptors (Lipinski definition) is 3. The molecule has 0 spiro atoms. The maximum absolute atomic E-state index is 11.8. The number of benzene rings is 1. The highest BCUT2D eigenvalue weighted by Gasteiger charge is 2.19. The van der Waals surface area contributed by atoms with Crippen molar-refractivity contribution in [3.05, 3.63) is 35.4 Å². The summed E-state index contributed by atoms with van der Waals surface area (Å²) in [7, 11) is 0. The number of aryl methyl sites for hydroxylation is 1. The van der Waals surface area contributed by atoms with E-state index in [2.05, 4.69) is 46.3 Å². The van der Waals surface area contributed by atoms with Gasteiger partial charge in [0.15, 0.2) is 0 Å². The number of hydrogen-bond donors (Lipinski definition) is 1. The lowest BCUT2D eigenvalue weighted by Gasteiger charge is -2.34. The molecule has 1 amide bonds. The van der Waals surface area contributed by atoms with Crippen molar-refractivity contribution in [3.63, 3.8) is 0 Å². The molecule has 2 rings (SSSR count). The molecule has 1 saturated heterocycles. The highest BCUT2D eigenvalue weighted by atomic mass is 16.2. The van der Waals surface area contributed by atoms with Crippen LogP contribution in [0.5, 0.6) is 0 Å². The van der Waals surface area contributed by atoms with Gasteiger partial charge in [-0.3, -0.25) is 14.6 Å². The maximum Gasteiger partial charge on any atom is 0.234 e. The summed E-state index contributed by atoms with van der Waals surface area (Å²) in [5.74, 6) is 0.136. The van der Waals surface area contributed by atoms with E-state index >= 15 is 0 Å². The first-order valence-electron chi connectivity index (χ1n) is 7.83. The van der Waals surface area contributed by atoms with Crippen molar-refractivity contribution in [2.24, 2.45) is 0 Å². The SMILES string of the molecule is Cc1ccccc1CN1CCN(CC(=O)NC(C)C)CC1. The Kier molecular flexibility index (Phi) is 5.76. The molecule has 1 aromatic carbocycles. The summed E-state index contributed by atoms with van der Waals surface area (Å²) in [5.41, 5.74) is 2.76. The van der Waals surface area contributed by atoms with Gasteiger partial charge in [0, 0.05) is 38.8 Å².